The lowest BCUT2D eigenvalue weighted by Crippen LogP contribution is -2.13. The number of aromatic nitrogens is 1. The summed E-state index contributed by atoms with van der Waals surface area (Å²) in [6.45, 7) is 4.73. The van der Waals surface area contributed by atoms with Crippen LogP contribution in [0.5, 0.6) is 0 Å². The minimum absolute atomic E-state index is 0. The van der Waals surface area contributed by atoms with Crippen molar-refractivity contribution < 1.29 is 0 Å². The van der Waals surface area contributed by atoms with E-state index >= 15 is 0 Å². The van der Waals surface area contributed by atoms with Crippen LogP contribution in [-0.4, -0.2) is 11.5 Å². The minimum Gasteiger partial charge on any atom is -0.370 e. The predicted molar refractivity (Wildman–Crippen MR) is 58.4 cm³/mol. The molecule has 70 valence electrons. The summed E-state index contributed by atoms with van der Waals surface area (Å²) >= 11 is 0. The summed E-state index contributed by atoms with van der Waals surface area (Å²) in [6.07, 6.45) is 4.13. The van der Waals surface area contributed by atoms with Crippen LogP contribution < -0.4 is 5.32 Å². The average molecular weight is 197 g/mol. The second kappa shape index (κ2) is 4.28. The van der Waals surface area contributed by atoms with Gasteiger partial charge in [0.1, 0.15) is 5.82 Å². The maximum atomic E-state index is 4.40. The van der Waals surface area contributed by atoms with E-state index < -0.39 is 0 Å². The van der Waals surface area contributed by atoms with E-state index in [4.69, 9.17) is 0 Å². The third kappa shape index (κ3) is 2.01. The van der Waals surface area contributed by atoms with Crippen molar-refractivity contribution in [2.24, 2.45) is 0 Å². The maximum Gasteiger partial charge on any atom is 0.129 e. The molecule has 0 aliphatic carbocycles. The molecule has 0 atom stereocenters. The molecule has 0 spiro atoms. The minimum atomic E-state index is 0. The Hall–Kier alpha value is -1.02. The van der Waals surface area contributed by atoms with E-state index in [2.05, 4.69) is 22.9 Å². The molecule has 1 aliphatic heterocycles. The Morgan fingerprint density at radius 2 is 2.31 bits per heavy atom. The van der Waals surface area contributed by atoms with Crippen molar-refractivity contribution in [2.75, 3.05) is 11.9 Å². The fourth-order valence-electron chi connectivity index (χ4n) is 1.46. The molecule has 0 aromatic carbocycles. The second-order valence-electron chi connectivity index (χ2n) is 2.98. The van der Waals surface area contributed by atoms with E-state index in [9.17, 15) is 0 Å². The number of fused-ring (bicyclic) bond motifs is 1. The summed E-state index contributed by atoms with van der Waals surface area (Å²) in [7, 11) is 0. The lowest BCUT2D eigenvalue weighted by atomic mass is 10.1. The molecule has 0 radical (unpaired) electrons. The van der Waals surface area contributed by atoms with Gasteiger partial charge in [-0.3, -0.25) is 0 Å². The maximum absolute atomic E-state index is 4.40. The molecule has 2 rings (SSSR count). The zero-order valence-corrected chi connectivity index (χ0v) is 8.23. The van der Waals surface area contributed by atoms with E-state index in [0.29, 0.717) is 0 Å². The number of nitrogens with zero attached hydrogens (tertiary/aromatic N) is 1. The molecule has 13 heavy (non-hydrogen) atoms. The molecule has 1 aliphatic rings. The zero-order valence-electron chi connectivity index (χ0n) is 7.42. The molecule has 0 saturated heterocycles. The van der Waals surface area contributed by atoms with Gasteiger partial charge in [-0.15, -0.1) is 12.4 Å². The van der Waals surface area contributed by atoms with Crippen LogP contribution >= 0.6 is 12.4 Å². The molecule has 0 unspecified atom stereocenters. The number of anilines is 1. The Labute approximate surface area is 84.5 Å². The highest BCUT2D eigenvalue weighted by atomic mass is 35.5. The van der Waals surface area contributed by atoms with E-state index in [1.807, 2.05) is 6.07 Å². The summed E-state index contributed by atoms with van der Waals surface area (Å²) in [5, 5.41) is 3.28. The first-order valence-electron chi connectivity index (χ1n) is 4.26. The van der Waals surface area contributed by atoms with Crippen molar-refractivity contribution in [2.45, 2.75) is 12.8 Å². The molecule has 0 amide bonds. The first-order chi connectivity index (χ1) is 5.90. The van der Waals surface area contributed by atoms with Crippen molar-refractivity contribution in [1.82, 2.24) is 4.98 Å². The third-order valence-electron chi connectivity index (χ3n) is 2.12. The Bertz CT molecular complexity index is 310. The van der Waals surface area contributed by atoms with Crippen LogP contribution in [0.15, 0.2) is 18.7 Å². The summed E-state index contributed by atoms with van der Waals surface area (Å²) in [5.41, 5.74) is 2.27. The molecule has 0 bridgehead atoms. The van der Waals surface area contributed by atoms with Gasteiger partial charge in [-0.2, -0.15) is 0 Å². The first kappa shape index (κ1) is 10.1. The average Bonchev–Trinajstić information content (AvgIpc) is 2.17. The first-order valence-corrected chi connectivity index (χ1v) is 4.26. The molecule has 2 heterocycles. The lowest BCUT2D eigenvalue weighted by Gasteiger charge is -2.16. The van der Waals surface area contributed by atoms with Gasteiger partial charge in [0.2, 0.25) is 0 Å². The van der Waals surface area contributed by atoms with E-state index in [1.54, 1.807) is 6.08 Å². The van der Waals surface area contributed by atoms with Crippen LogP contribution in [0.4, 0.5) is 5.82 Å². The van der Waals surface area contributed by atoms with Crippen LogP contribution in [-0.2, 0) is 6.42 Å². The van der Waals surface area contributed by atoms with Gasteiger partial charge >= 0.3 is 0 Å². The molecule has 0 fully saturated rings. The topological polar surface area (TPSA) is 24.9 Å². The second-order valence-corrected chi connectivity index (χ2v) is 2.98. The molecule has 1 aromatic heterocycles. The number of pyridine rings is 1. The molecule has 1 aromatic rings. The van der Waals surface area contributed by atoms with Gasteiger partial charge < -0.3 is 5.32 Å². The number of nitrogens with one attached hydrogen (secondary N) is 1. The number of halogens is 1. The molecular formula is C10H13ClN2. The fourth-order valence-corrected chi connectivity index (χ4v) is 1.46. The summed E-state index contributed by atoms with van der Waals surface area (Å²) in [6, 6.07) is 4.14. The van der Waals surface area contributed by atoms with Crippen molar-refractivity contribution in [1.29, 1.82) is 0 Å². The van der Waals surface area contributed by atoms with E-state index in [-0.39, 0.29) is 12.4 Å². The van der Waals surface area contributed by atoms with Gasteiger partial charge in [0.25, 0.3) is 0 Å². The Morgan fingerprint density at radius 1 is 1.46 bits per heavy atom. The quantitative estimate of drug-likeness (QED) is 0.747. The van der Waals surface area contributed by atoms with Crippen molar-refractivity contribution in [3.05, 3.63) is 30.0 Å². The zero-order chi connectivity index (χ0) is 8.39. The Kier molecular flexibility index (Phi) is 3.32. The van der Waals surface area contributed by atoms with Crippen molar-refractivity contribution >= 4 is 24.3 Å². The monoisotopic (exact) mass is 196 g/mol. The summed E-state index contributed by atoms with van der Waals surface area (Å²) in [4.78, 5) is 4.40. The highest BCUT2D eigenvalue weighted by Gasteiger charge is 2.08. The highest BCUT2D eigenvalue weighted by molar-refractivity contribution is 5.85. The lowest BCUT2D eigenvalue weighted by molar-refractivity contribution is 0.817. The largest absolute Gasteiger partial charge is 0.370 e. The van der Waals surface area contributed by atoms with Crippen LogP contribution in [0, 0.1) is 0 Å². The standard InChI is InChI=1S/C10H12N2.ClH/c1-2-9-6-5-8-4-3-7-11-10(8)12-9;/h2,5-6H,1,3-4,7H2,(H,11,12);1H. The van der Waals surface area contributed by atoms with Gasteiger partial charge in [0.15, 0.2) is 0 Å². The van der Waals surface area contributed by atoms with E-state index in [0.717, 1.165) is 24.5 Å². The summed E-state index contributed by atoms with van der Waals surface area (Å²) in [5.74, 6) is 1.04. The molecule has 1 N–H and O–H groups in total. The third-order valence-corrected chi connectivity index (χ3v) is 2.12. The molecule has 0 saturated carbocycles. The van der Waals surface area contributed by atoms with Gasteiger partial charge in [-0.25, -0.2) is 4.98 Å². The SMILES string of the molecule is C=Cc1ccc2c(n1)NCCC2.Cl. The van der Waals surface area contributed by atoms with Gasteiger partial charge in [0.05, 0.1) is 5.69 Å². The Morgan fingerprint density at radius 3 is 3.08 bits per heavy atom. The van der Waals surface area contributed by atoms with E-state index in [1.165, 1.54) is 12.0 Å². The normalized spacial score (nSPS) is 13.5. The summed E-state index contributed by atoms with van der Waals surface area (Å²) < 4.78 is 0. The smallest absolute Gasteiger partial charge is 0.129 e. The van der Waals surface area contributed by atoms with Crippen molar-refractivity contribution in [3.63, 3.8) is 0 Å². The van der Waals surface area contributed by atoms with Crippen LogP contribution in [0.1, 0.15) is 17.7 Å². The highest BCUT2D eigenvalue weighted by Crippen LogP contribution is 2.19. The molecular weight excluding hydrogens is 184 g/mol. The number of hydrogen-bond donors (Lipinski definition) is 1. The number of rotatable bonds is 1. The van der Waals surface area contributed by atoms with Crippen LogP contribution in [0.25, 0.3) is 6.08 Å². The molecule has 3 heteroatoms. The predicted octanol–water partition coefficient (Wildman–Crippen LogP) is 2.50. The molecule has 2 nitrogen and oxygen atoms in total. The number of hydrogen-bond acceptors (Lipinski definition) is 2. The van der Waals surface area contributed by atoms with Crippen LogP contribution in [0.2, 0.25) is 0 Å². The van der Waals surface area contributed by atoms with Gasteiger partial charge in [-0.05, 0) is 30.5 Å². The van der Waals surface area contributed by atoms with Crippen molar-refractivity contribution in [3.8, 4) is 0 Å². The fraction of sp³-hybridized carbons (Fsp3) is 0.300. The van der Waals surface area contributed by atoms with Gasteiger partial charge in [-0.1, -0.05) is 12.6 Å². The van der Waals surface area contributed by atoms with Crippen LogP contribution in [0.3, 0.4) is 0 Å². The van der Waals surface area contributed by atoms with Gasteiger partial charge in [0, 0.05) is 6.54 Å². The Balaban J connectivity index is 0.000000845. The number of aryl methyl sites for hydroxylation is 1.